The van der Waals surface area contributed by atoms with Gasteiger partial charge in [-0.3, -0.25) is 4.79 Å². The summed E-state index contributed by atoms with van der Waals surface area (Å²) in [6.45, 7) is 0.335. The number of hydrogen-bond acceptors (Lipinski definition) is 4. The van der Waals surface area contributed by atoms with Crippen molar-refractivity contribution >= 4 is 29.7 Å². The normalized spacial score (nSPS) is 26.0. The molecule has 2 N–H and O–H groups in total. The molecule has 2 atom stereocenters. The second-order valence-corrected chi connectivity index (χ2v) is 7.35. The Morgan fingerprint density at radius 3 is 2.58 bits per heavy atom. The highest BCUT2D eigenvalue weighted by atomic mass is 35.5. The van der Waals surface area contributed by atoms with Crippen LogP contribution in [0.5, 0.6) is 0 Å². The monoisotopic (exact) mass is 383 g/mol. The van der Waals surface area contributed by atoms with E-state index in [1.807, 2.05) is 0 Å². The summed E-state index contributed by atoms with van der Waals surface area (Å²) in [5.41, 5.74) is -0.853. The van der Waals surface area contributed by atoms with Gasteiger partial charge >= 0.3 is 6.18 Å². The first kappa shape index (κ1) is 19.5. The summed E-state index contributed by atoms with van der Waals surface area (Å²) >= 11 is 0.982. The Hall–Kier alpha value is -0.860. The Morgan fingerprint density at radius 2 is 2.00 bits per heavy atom. The number of hydrogen-bond donors (Lipinski definition) is 2. The zero-order valence-electron chi connectivity index (χ0n) is 13.1. The van der Waals surface area contributed by atoms with E-state index < -0.39 is 11.9 Å². The second kappa shape index (κ2) is 8.01. The second-order valence-electron chi connectivity index (χ2n) is 6.40. The van der Waals surface area contributed by atoms with E-state index in [2.05, 4.69) is 15.6 Å². The highest BCUT2D eigenvalue weighted by Gasteiger charge is 2.34. The van der Waals surface area contributed by atoms with Crippen LogP contribution >= 0.6 is 23.7 Å². The highest BCUT2D eigenvalue weighted by molar-refractivity contribution is 7.09. The Balaban J connectivity index is 0.00000208. The quantitative estimate of drug-likeness (QED) is 0.821. The van der Waals surface area contributed by atoms with Crippen LogP contribution in [0, 0.1) is 5.92 Å². The van der Waals surface area contributed by atoms with E-state index in [0.717, 1.165) is 29.6 Å². The van der Waals surface area contributed by atoms with Gasteiger partial charge in [-0.1, -0.05) is 0 Å². The summed E-state index contributed by atoms with van der Waals surface area (Å²) in [7, 11) is 0. The molecule has 0 radical (unpaired) electrons. The summed E-state index contributed by atoms with van der Waals surface area (Å²) in [5, 5.41) is 7.76. The molecule has 3 heterocycles. The maximum absolute atomic E-state index is 12.4. The molecule has 2 aliphatic heterocycles. The third kappa shape index (κ3) is 5.07. The summed E-state index contributed by atoms with van der Waals surface area (Å²) in [4.78, 5) is 15.5. The third-order valence-corrected chi connectivity index (χ3v) is 5.46. The number of amides is 1. The smallest absolute Gasteiger partial charge is 0.356 e. The van der Waals surface area contributed by atoms with Gasteiger partial charge in [-0.25, -0.2) is 4.98 Å². The predicted molar refractivity (Wildman–Crippen MR) is 88.4 cm³/mol. The van der Waals surface area contributed by atoms with Crippen LogP contribution in [0.15, 0.2) is 5.38 Å². The van der Waals surface area contributed by atoms with Gasteiger partial charge in [0.05, 0.1) is 5.01 Å². The molecule has 1 amide bonds. The first-order valence-corrected chi connectivity index (χ1v) is 8.82. The van der Waals surface area contributed by atoms with Gasteiger partial charge < -0.3 is 10.6 Å². The number of piperidine rings is 1. The van der Waals surface area contributed by atoms with Crippen molar-refractivity contribution in [2.45, 2.75) is 56.8 Å². The van der Waals surface area contributed by atoms with Gasteiger partial charge in [-0.05, 0) is 31.6 Å². The minimum absolute atomic E-state index is 0. The number of carbonyl (C=O) groups is 1. The molecule has 1 aromatic heterocycles. The Bertz CT molecular complexity index is 554. The van der Waals surface area contributed by atoms with Crippen LogP contribution in [0.25, 0.3) is 0 Å². The molecule has 4 nitrogen and oxygen atoms in total. The van der Waals surface area contributed by atoms with Gasteiger partial charge in [0.1, 0.15) is 0 Å². The standard InChI is InChI=1S/C15H20F3N3OS.ClH/c16-15(17,18)12-8-23-14(21-12)3-4-19-13(22)7-9-5-10-1-2-11(6-9)20-10;/h8-11,20H,1-7H2,(H,19,22);1H. The predicted octanol–water partition coefficient (Wildman–Crippen LogP) is 3.16. The number of halogens is 4. The van der Waals surface area contributed by atoms with E-state index >= 15 is 0 Å². The lowest BCUT2D eigenvalue weighted by Crippen LogP contribution is -2.39. The number of nitrogens with one attached hydrogen (secondary N) is 2. The molecule has 3 rings (SSSR count). The van der Waals surface area contributed by atoms with Crippen LogP contribution in [0.4, 0.5) is 13.2 Å². The van der Waals surface area contributed by atoms with Crippen molar-refractivity contribution in [3.63, 3.8) is 0 Å². The Labute approximate surface area is 149 Å². The van der Waals surface area contributed by atoms with Crippen molar-refractivity contribution in [3.8, 4) is 0 Å². The van der Waals surface area contributed by atoms with Crippen molar-refractivity contribution in [2.24, 2.45) is 5.92 Å². The number of aromatic nitrogens is 1. The van der Waals surface area contributed by atoms with Crippen LogP contribution in [0.3, 0.4) is 0 Å². The molecular formula is C15H21ClF3N3OS. The fourth-order valence-corrected chi connectivity index (χ4v) is 4.35. The van der Waals surface area contributed by atoms with Gasteiger partial charge in [0, 0.05) is 36.9 Å². The van der Waals surface area contributed by atoms with Crippen molar-refractivity contribution in [1.82, 2.24) is 15.6 Å². The molecule has 2 unspecified atom stereocenters. The minimum atomic E-state index is -4.40. The SMILES string of the molecule is Cl.O=C(CC1CC2CCC(C1)N2)NCCc1nc(C(F)(F)F)cs1. The van der Waals surface area contributed by atoms with E-state index in [4.69, 9.17) is 0 Å². The first-order chi connectivity index (χ1) is 10.9. The molecule has 2 saturated heterocycles. The van der Waals surface area contributed by atoms with Crippen LogP contribution in [-0.4, -0.2) is 29.5 Å². The number of thiazole rings is 1. The number of nitrogens with zero attached hydrogens (tertiary/aromatic N) is 1. The molecular weight excluding hydrogens is 363 g/mol. The lowest BCUT2D eigenvalue weighted by Gasteiger charge is -2.28. The largest absolute Gasteiger partial charge is 0.434 e. The fourth-order valence-electron chi connectivity index (χ4n) is 3.54. The molecule has 0 aliphatic carbocycles. The van der Waals surface area contributed by atoms with Crippen molar-refractivity contribution in [2.75, 3.05) is 6.54 Å². The summed E-state index contributed by atoms with van der Waals surface area (Å²) in [6.07, 6.45) is 0.954. The van der Waals surface area contributed by atoms with Gasteiger partial charge in [-0.2, -0.15) is 13.2 Å². The van der Waals surface area contributed by atoms with Crippen LogP contribution in [0.2, 0.25) is 0 Å². The van der Waals surface area contributed by atoms with E-state index in [1.165, 1.54) is 12.8 Å². The molecule has 1 aromatic rings. The molecule has 2 fully saturated rings. The molecule has 136 valence electrons. The number of fused-ring (bicyclic) bond motifs is 2. The number of alkyl halides is 3. The third-order valence-electron chi connectivity index (χ3n) is 4.55. The van der Waals surface area contributed by atoms with Crippen LogP contribution in [0.1, 0.15) is 42.8 Å². The van der Waals surface area contributed by atoms with E-state index in [9.17, 15) is 18.0 Å². The zero-order chi connectivity index (χ0) is 16.4. The number of carbonyl (C=O) groups excluding carboxylic acids is 1. The van der Waals surface area contributed by atoms with Crippen molar-refractivity contribution in [1.29, 1.82) is 0 Å². The van der Waals surface area contributed by atoms with Gasteiger partial charge in [0.15, 0.2) is 5.69 Å². The first-order valence-electron chi connectivity index (χ1n) is 7.94. The highest BCUT2D eigenvalue weighted by Crippen LogP contribution is 2.32. The molecule has 2 bridgehead atoms. The average molecular weight is 384 g/mol. The zero-order valence-corrected chi connectivity index (χ0v) is 14.7. The molecule has 24 heavy (non-hydrogen) atoms. The molecule has 0 saturated carbocycles. The Morgan fingerprint density at radius 1 is 1.33 bits per heavy atom. The van der Waals surface area contributed by atoms with Crippen LogP contribution < -0.4 is 10.6 Å². The van der Waals surface area contributed by atoms with Gasteiger partial charge in [-0.15, -0.1) is 23.7 Å². The summed E-state index contributed by atoms with van der Waals surface area (Å²) in [5.74, 6) is 0.411. The fraction of sp³-hybridized carbons (Fsp3) is 0.733. The van der Waals surface area contributed by atoms with E-state index in [1.54, 1.807) is 0 Å². The molecule has 2 aliphatic rings. The molecule has 0 aromatic carbocycles. The van der Waals surface area contributed by atoms with Crippen molar-refractivity contribution in [3.05, 3.63) is 16.1 Å². The average Bonchev–Trinajstić information content (AvgIpc) is 3.05. The maximum atomic E-state index is 12.4. The lowest BCUT2D eigenvalue weighted by atomic mass is 9.89. The lowest BCUT2D eigenvalue weighted by molar-refractivity contribution is -0.140. The maximum Gasteiger partial charge on any atom is 0.434 e. The summed E-state index contributed by atoms with van der Waals surface area (Å²) in [6, 6.07) is 1.12. The summed E-state index contributed by atoms with van der Waals surface area (Å²) < 4.78 is 37.3. The molecule has 9 heteroatoms. The minimum Gasteiger partial charge on any atom is -0.356 e. The molecule has 0 spiro atoms. The number of rotatable bonds is 5. The van der Waals surface area contributed by atoms with Crippen LogP contribution in [-0.2, 0) is 17.4 Å². The van der Waals surface area contributed by atoms with Gasteiger partial charge in [0.25, 0.3) is 0 Å². The van der Waals surface area contributed by atoms with E-state index in [0.29, 0.717) is 42.4 Å². The topological polar surface area (TPSA) is 54.0 Å². The Kier molecular flexibility index (Phi) is 6.50. The van der Waals surface area contributed by atoms with Gasteiger partial charge in [0.2, 0.25) is 5.91 Å². The van der Waals surface area contributed by atoms with Crippen molar-refractivity contribution < 1.29 is 18.0 Å². The van der Waals surface area contributed by atoms with E-state index in [-0.39, 0.29) is 18.3 Å².